The van der Waals surface area contributed by atoms with E-state index in [0.29, 0.717) is 24.2 Å². The standard InChI is InChI=1S/C20H24N2O3.ClH/c1-14(20(25)16-7-4-3-5-8-16)21-12-11-19(24)17-9-6-10-18(13-17)22-15(2)23;/h3-10,13-14,20-21,25H,11-12H2,1-2H3,(H,22,23);1H. The average Bonchev–Trinajstić information content (AvgIpc) is 2.61. The van der Waals surface area contributed by atoms with Crippen molar-refractivity contribution in [1.82, 2.24) is 0 Å². The molecule has 0 aromatic heterocycles. The zero-order chi connectivity index (χ0) is 18.2. The van der Waals surface area contributed by atoms with Crippen molar-refractivity contribution in [3.63, 3.8) is 0 Å². The first-order chi connectivity index (χ1) is 12.0. The van der Waals surface area contributed by atoms with E-state index in [1.165, 1.54) is 6.92 Å². The Labute approximate surface area is 160 Å². The number of anilines is 1. The van der Waals surface area contributed by atoms with Gasteiger partial charge in [-0.2, -0.15) is 0 Å². The smallest absolute Gasteiger partial charge is 0.221 e. The van der Waals surface area contributed by atoms with Crippen LogP contribution in [0.1, 0.15) is 42.3 Å². The van der Waals surface area contributed by atoms with Crippen LogP contribution in [0.5, 0.6) is 0 Å². The van der Waals surface area contributed by atoms with Crippen LogP contribution in [-0.2, 0) is 4.79 Å². The molecule has 0 saturated carbocycles. The summed E-state index contributed by atoms with van der Waals surface area (Å²) < 4.78 is 0. The second-order valence-electron chi connectivity index (χ2n) is 6.17. The van der Waals surface area contributed by atoms with Gasteiger partial charge in [-0.3, -0.25) is 9.59 Å². The Bertz CT molecular complexity index is 722. The minimum atomic E-state index is -0.570. The van der Waals surface area contributed by atoms with Crippen molar-refractivity contribution >= 4 is 17.4 Å². The predicted octanol–water partition coefficient (Wildman–Crippen LogP) is -1.09. The van der Waals surface area contributed by atoms with Crippen LogP contribution in [0.2, 0.25) is 0 Å². The van der Waals surface area contributed by atoms with Gasteiger partial charge in [0.2, 0.25) is 5.91 Å². The number of aliphatic hydroxyl groups is 1. The zero-order valence-electron chi connectivity index (χ0n) is 15.0. The van der Waals surface area contributed by atoms with Gasteiger partial charge in [-0.1, -0.05) is 42.5 Å². The van der Waals surface area contributed by atoms with Crippen molar-refractivity contribution in [2.45, 2.75) is 32.4 Å². The third-order valence-corrected chi connectivity index (χ3v) is 4.05. The molecule has 1 amide bonds. The summed E-state index contributed by atoms with van der Waals surface area (Å²) in [5.41, 5.74) is 2.08. The van der Waals surface area contributed by atoms with Crippen LogP contribution in [0.3, 0.4) is 0 Å². The molecule has 0 fully saturated rings. The Hall–Kier alpha value is -2.21. The number of hydrogen-bond acceptors (Lipinski definition) is 3. The molecule has 0 saturated heterocycles. The molecule has 0 bridgehead atoms. The Balaban J connectivity index is 0.00000338. The molecule has 0 aliphatic rings. The van der Waals surface area contributed by atoms with Crippen molar-refractivity contribution in [2.24, 2.45) is 0 Å². The molecule has 2 aromatic rings. The molecule has 2 aromatic carbocycles. The molecule has 5 nitrogen and oxygen atoms in total. The van der Waals surface area contributed by atoms with Crippen molar-refractivity contribution < 1.29 is 32.4 Å². The predicted molar refractivity (Wildman–Crippen MR) is 97.3 cm³/mol. The molecule has 4 N–H and O–H groups in total. The molecule has 2 rings (SSSR count). The fourth-order valence-corrected chi connectivity index (χ4v) is 2.68. The third kappa shape index (κ3) is 6.59. The van der Waals surface area contributed by atoms with E-state index in [1.807, 2.05) is 42.6 Å². The minimum absolute atomic E-state index is 0. The average molecular weight is 377 g/mol. The second-order valence-corrected chi connectivity index (χ2v) is 6.17. The van der Waals surface area contributed by atoms with Gasteiger partial charge in [0.05, 0.1) is 13.0 Å². The number of benzene rings is 2. The van der Waals surface area contributed by atoms with Crippen LogP contribution in [0.25, 0.3) is 0 Å². The lowest BCUT2D eigenvalue weighted by Gasteiger charge is -2.17. The molecule has 0 spiro atoms. The van der Waals surface area contributed by atoms with Crippen molar-refractivity contribution in [3.05, 3.63) is 65.7 Å². The van der Waals surface area contributed by atoms with E-state index in [-0.39, 0.29) is 30.1 Å². The lowest BCUT2D eigenvalue weighted by Crippen LogP contribution is -3.00. The van der Waals surface area contributed by atoms with Gasteiger partial charge in [0.1, 0.15) is 12.1 Å². The number of carbonyl (C=O) groups excluding carboxylic acids is 2. The first-order valence-corrected chi connectivity index (χ1v) is 8.44. The number of nitrogens with one attached hydrogen (secondary N) is 1. The van der Waals surface area contributed by atoms with Crippen molar-refractivity contribution in [2.75, 3.05) is 11.9 Å². The van der Waals surface area contributed by atoms with Gasteiger partial charge in [0, 0.05) is 18.2 Å². The highest BCUT2D eigenvalue weighted by Crippen LogP contribution is 2.14. The number of nitrogens with two attached hydrogens (primary N) is 1. The molecule has 0 heterocycles. The Morgan fingerprint density at radius 2 is 1.81 bits per heavy atom. The summed E-state index contributed by atoms with van der Waals surface area (Å²) in [6.07, 6.45) is -0.200. The summed E-state index contributed by atoms with van der Waals surface area (Å²) >= 11 is 0. The number of halogens is 1. The highest BCUT2D eigenvalue weighted by Gasteiger charge is 2.19. The minimum Gasteiger partial charge on any atom is -1.00 e. The fraction of sp³-hybridized carbons (Fsp3) is 0.300. The van der Waals surface area contributed by atoms with E-state index in [2.05, 4.69) is 5.32 Å². The number of aliphatic hydroxyl groups excluding tert-OH is 1. The van der Waals surface area contributed by atoms with Crippen molar-refractivity contribution in [1.29, 1.82) is 0 Å². The lowest BCUT2D eigenvalue weighted by atomic mass is 10.0. The molecular weight excluding hydrogens is 352 g/mol. The maximum absolute atomic E-state index is 12.3. The number of rotatable bonds is 8. The monoisotopic (exact) mass is 376 g/mol. The summed E-state index contributed by atoms with van der Waals surface area (Å²) in [4.78, 5) is 23.4. The van der Waals surface area contributed by atoms with Gasteiger partial charge < -0.3 is 28.1 Å². The van der Waals surface area contributed by atoms with E-state index in [0.717, 1.165) is 5.56 Å². The van der Waals surface area contributed by atoms with Crippen LogP contribution in [0.4, 0.5) is 5.69 Å². The largest absolute Gasteiger partial charge is 1.00 e. The Kier molecular flexibility index (Phi) is 8.99. The van der Waals surface area contributed by atoms with Gasteiger partial charge in [0.25, 0.3) is 0 Å². The zero-order valence-corrected chi connectivity index (χ0v) is 15.7. The van der Waals surface area contributed by atoms with Crippen LogP contribution < -0.4 is 23.0 Å². The SMILES string of the molecule is CC(=O)Nc1cccc(C(=O)CC[NH2+]C(C)C(O)c2ccccc2)c1.[Cl-]. The van der Waals surface area contributed by atoms with Crippen LogP contribution in [0, 0.1) is 0 Å². The van der Waals surface area contributed by atoms with Crippen LogP contribution in [0.15, 0.2) is 54.6 Å². The van der Waals surface area contributed by atoms with Gasteiger partial charge in [-0.25, -0.2) is 0 Å². The number of Topliss-reactive ketones (excluding diaryl/α,β-unsaturated/α-hetero) is 1. The van der Waals surface area contributed by atoms with Crippen molar-refractivity contribution in [3.8, 4) is 0 Å². The van der Waals surface area contributed by atoms with E-state index >= 15 is 0 Å². The molecule has 2 atom stereocenters. The third-order valence-electron chi connectivity index (χ3n) is 4.05. The Morgan fingerprint density at radius 3 is 2.46 bits per heavy atom. The normalized spacial score (nSPS) is 12.6. The highest BCUT2D eigenvalue weighted by molar-refractivity contribution is 5.98. The maximum atomic E-state index is 12.3. The van der Waals surface area contributed by atoms with E-state index < -0.39 is 6.10 Å². The molecule has 6 heteroatoms. The highest BCUT2D eigenvalue weighted by atomic mass is 35.5. The quantitative estimate of drug-likeness (QED) is 0.512. The number of amides is 1. The molecule has 0 aliphatic heterocycles. The first kappa shape index (κ1) is 21.8. The number of ketones is 1. The number of hydrogen-bond donors (Lipinski definition) is 3. The maximum Gasteiger partial charge on any atom is 0.221 e. The molecule has 0 aliphatic carbocycles. The molecule has 26 heavy (non-hydrogen) atoms. The van der Waals surface area contributed by atoms with Gasteiger partial charge in [-0.15, -0.1) is 0 Å². The second kappa shape index (κ2) is 10.7. The molecular formula is C20H25ClN2O3. The van der Waals surface area contributed by atoms with E-state index in [1.54, 1.807) is 24.3 Å². The van der Waals surface area contributed by atoms with Gasteiger partial charge in [0.15, 0.2) is 5.78 Å². The Morgan fingerprint density at radius 1 is 1.12 bits per heavy atom. The number of quaternary nitrogens is 1. The van der Waals surface area contributed by atoms with Gasteiger partial charge >= 0.3 is 0 Å². The van der Waals surface area contributed by atoms with Gasteiger partial charge in [-0.05, 0) is 24.6 Å². The molecule has 0 radical (unpaired) electrons. The van der Waals surface area contributed by atoms with E-state index in [9.17, 15) is 14.7 Å². The number of carbonyl (C=O) groups is 2. The van der Waals surface area contributed by atoms with Crippen LogP contribution in [-0.4, -0.2) is 29.4 Å². The summed E-state index contributed by atoms with van der Waals surface area (Å²) in [5, 5.41) is 15.0. The van der Waals surface area contributed by atoms with Crippen LogP contribution >= 0.6 is 0 Å². The topological polar surface area (TPSA) is 83.0 Å². The molecule has 2 unspecified atom stereocenters. The summed E-state index contributed by atoms with van der Waals surface area (Å²) in [5.74, 6) is -0.147. The first-order valence-electron chi connectivity index (χ1n) is 8.44. The summed E-state index contributed by atoms with van der Waals surface area (Å²) in [7, 11) is 0. The lowest BCUT2D eigenvalue weighted by molar-refractivity contribution is -0.693. The van der Waals surface area contributed by atoms with E-state index in [4.69, 9.17) is 0 Å². The molecule has 140 valence electrons. The fourth-order valence-electron chi connectivity index (χ4n) is 2.68. The summed E-state index contributed by atoms with van der Waals surface area (Å²) in [6, 6.07) is 16.4. The summed E-state index contributed by atoms with van der Waals surface area (Å²) in [6.45, 7) is 3.97.